The van der Waals surface area contributed by atoms with Crippen molar-refractivity contribution in [3.8, 4) is 0 Å². The van der Waals surface area contributed by atoms with E-state index in [0.717, 1.165) is 0 Å². The van der Waals surface area contributed by atoms with E-state index in [1.165, 1.54) is 0 Å². The Morgan fingerprint density at radius 2 is 1.26 bits per heavy atom. The van der Waals surface area contributed by atoms with Crippen molar-refractivity contribution in [3.63, 3.8) is 0 Å². The summed E-state index contributed by atoms with van der Waals surface area (Å²) in [5, 5.41) is 0. The van der Waals surface area contributed by atoms with Gasteiger partial charge in [0, 0.05) is 6.00 Å². The van der Waals surface area contributed by atoms with Gasteiger partial charge in [0.15, 0.2) is 5.90 Å². The van der Waals surface area contributed by atoms with Crippen molar-refractivity contribution >= 4 is 38.7 Å². The molecule has 10 unspecified atom stereocenters. The molecule has 2 heterocycles. The van der Waals surface area contributed by atoms with Gasteiger partial charge in [-0.1, -0.05) is 20.8 Å². The average Bonchev–Trinajstić information content (AvgIpc) is 3.07. The Balaban J connectivity index is 1.89. The van der Waals surface area contributed by atoms with Gasteiger partial charge in [0.25, 0.3) is 0 Å². The predicted molar refractivity (Wildman–Crippen MR) is 119 cm³/mol. The molecule has 2 fully saturated rings. The molecule has 2 aliphatic heterocycles. The summed E-state index contributed by atoms with van der Waals surface area (Å²) in [5.74, 6) is -1.84. The first-order valence-corrected chi connectivity index (χ1v) is 16.9. The van der Waals surface area contributed by atoms with Gasteiger partial charge in [-0.3, -0.25) is 18.2 Å². The minimum atomic E-state index is -5.33. The van der Waals surface area contributed by atoms with Gasteiger partial charge >= 0.3 is 30.8 Å². The van der Waals surface area contributed by atoms with Crippen LogP contribution >= 0.6 is 30.8 Å². The maximum atomic E-state index is 12.2. The van der Waals surface area contributed by atoms with Crippen LogP contribution in [0.2, 0.25) is 0 Å². The minimum absolute atomic E-state index is 0.0472. The summed E-state index contributed by atoms with van der Waals surface area (Å²) in [6.45, 7) is 6.37. The molecule has 2 saturated heterocycles. The van der Waals surface area contributed by atoms with E-state index in [1.54, 1.807) is 6.92 Å². The summed E-state index contributed by atoms with van der Waals surface area (Å²) in [5.41, 5.74) is 0. The monoisotopic (exact) mass is 570 g/mol. The Bertz CT molecular complexity index is 902. The third-order valence-corrected chi connectivity index (χ3v) is 13.3. The fourth-order valence-electron chi connectivity index (χ4n) is 3.60. The first-order valence-electron chi connectivity index (χ1n) is 10.4. The van der Waals surface area contributed by atoms with Crippen LogP contribution in [-0.2, 0) is 45.4 Å². The lowest BCUT2D eigenvalue weighted by Crippen LogP contribution is -2.21. The van der Waals surface area contributed by atoms with E-state index >= 15 is 0 Å². The summed E-state index contributed by atoms with van der Waals surface area (Å²) < 4.78 is 76.9. The van der Waals surface area contributed by atoms with Crippen LogP contribution < -0.4 is 0 Å². The lowest BCUT2D eigenvalue weighted by atomic mass is 9.91. The Morgan fingerprint density at radius 1 is 0.794 bits per heavy atom. The number of hydrogen-bond acceptors (Lipinski definition) is 10. The molecule has 0 bridgehead atoms. The Morgan fingerprint density at radius 3 is 1.65 bits per heavy atom. The van der Waals surface area contributed by atoms with Crippen LogP contribution in [0, 0.1) is 17.8 Å². The molecular formula is C15H31BO14P4. The maximum absolute atomic E-state index is 12.2. The quantitative estimate of drug-likeness (QED) is 0.197. The third kappa shape index (κ3) is 9.47. The number of phosphoric ester groups is 2. The molecule has 198 valence electrons. The van der Waals surface area contributed by atoms with E-state index in [-0.39, 0.29) is 23.9 Å². The molecule has 0 aromatic rings. The Kier molecular flexibility index (Phi) is 10.5. The molecule has 11 atom stereocenters. The highest BCUT2D eigenvalue weighted by Crippen LogP contribution is 2.70. The van der Waals surface area contributed by atoms with Gasteiger partial charge in [-0.2, -0.15) is 0 Å². The predicted octanol–water partition coefficient (Wildman–Crippen LogP) is 2.56. The van der Waals surface area contributed by atoms with Crippen molar-refractivity contribution < 1.29 is 65.0 Å². The van der Waals surface area contributed by atoms with E-state index in [2.05, 4.69) is 13.1 Å². The number of hydrogen-bond donors (Lipinski definition) is 4. The number of phosphoric acid groups is 2. The van der Waals surface area contributed by atoms with E-state index in [9.17, 15) is 37.8 Å². The van der Waals surface area contributed by atoms with Crippen LogP contribution in [0.4, 0.5) is 0 Å². The fraction of sp³-hybridized carbons (Fsp3) is 1.00. The lowest BCUT2D eigenvalue weighted by molar-refractivity contribution is 0.00634. The smallest absolute Gasteiger partial charge is 0.382 e. The summed E-state index contributed by atoms with van der Waals surface area (Å²) in [4.78, 5) is 39.1. The van der Waals surface area contributed by atoms with Crippen LogP contribution in [0.5, 0.6) is 0 Å². The highest BCUT2D eigenvalue weighted by atomic mass is 31.3. The zero-order valence-electron chi connectivity index (χ0n) is 19.1. The molecule has 2 radical (unpaired) electrons. The summed E-state index contributed by atoms with van der Waals surface area (Å²) in [6, 6.07) is -0.601. The SMILES string of the molecule is [B]C1CC(C)[C@H](COP(=O)(O)OP(=O)(O)CP(=O)(O)OP(=O)(O)OCC2OC(C)C(C)C2C)O1. The van der Waals surface area contributed by atoms with Gasteiger partial charge in [0.2, 0.25) is 0 Å². The topological polar surface area (TPSA) is 205 Å². The Hall–Kier alpha value is 0.585. The van der Waals surface area contributed by atoms with Crippen molar-refractivity contribution in [3.05, 3.63) is 0 Å². The highest BCUT2D eigenvalue weighted by molar-refractivity contribution is 7.76. The van der Waals surface area contributed by atoms with E-state index in [1.807, 2.05) is 20.8 Å². The van der Waals surface area contributed by atoms with E-state index in [0.29, 0.717) is 6.42 Å². The second-order valence-corrected chi connectivity index (χ2v) is 16.0. The van der Waals surface area contributed by atoms with Gasteiger partial charge in [-0.15, -0.1) is 0 Å². The van der Waals surface area contributed by atoms with Crippen molar-refractivity contribution in [1.82, 2.24) is 0 Å². The number of rotatable bonds is 12. The molecular weight excluding hydrogens is 539 g/mol. The molecule has 0 aliphatic carbocycles. The Labute approximate surface area is 199 Å². The van der Waals surface area contributed by atoms with Gasteiger partial charge in [-0.05, 0) is 31.1 Å². The van der Waals surface area contributed by atoms with Crippen LogP contribution in [0.1, 0.15) is 34.1 Å². The second kappa shape index (κ2) is 11.5. The van der Waals surface area contributed by atoms with Gasteiger partial charge in [0.05, 0.1) is 31.5 Å². The molecule has 2 aliphatic rings. The van der Waals surface area contributed by atoms with Crippen LogP contribution in [0.25, 0.3) is 0 Å². The normalized spacial score (nSPS) is 39.1. The molecule has 34 heavy (non-hydrogen) atoms. The lowest BCUT2D eigenvalue weighted by Gasteiger charge is -2.22. The molecule has 0 spiro atoms. The van der Waals surface area contributed by atoms with Crippen LogP contribution in [-0.4, -0.2) is 70.9 Å². The fourth-order valence-corrected chi connectivity index (χ4v) is 10.4. The first kappa shape index (κ1) is 30.8. The maximum Gasteiger partial charge on any atom is 0.479 e. The third-order valence-electron chi connectivity index (χ3n) is 5.76. The highest BCUT2D eigenvalue weighted by Gasteiger charge is 2.45. The molecule has 0 saturated carbocycles. The van der Waals surface area contributed by atoms with Crippen molar-refractivity contribution in [1.29, 1.82) is 0 Å². The molecule has 2 rings (SSSR count). The van der Waals surface area contributed by atoms with Crippen molar-refractivity contribution in [2.75, 3.05) is 19.1 Å². The van der Waals surface area contributed by atoms with Gasteiger partial charge < -0.3 is 29.0 Å². The number of ether oxygens (including phenoxy) is 2. The zero-order valence-corrected chi connectivity index (χ0v) is 22.7. The molecule has 19 heteroatoms. The standard InChI is InChI=1S/C15H31BO14P4/c1-9-5-15(16)28-13(9)6-25-33(21,22)29-31(17,18)8-32(19,20)30-34(23,24)26-7-14-11(3)10(2)12(4)27-14/h9-15H,5-8H2,1-4H3,(H,17,18)(H,19,20)(H,21,22)(H,23,24)/t9?,10?,11?,12?,13-,14?,15?/m0/s1. The average molecular weight is 570 g/mol. The van der Waals surface area contributed by atoms with Crippen molar-refractivity contribution in [2.24, 2.45) is 17.8 Å². The van der Waals surface area contributed by atoms with E-state index < -0.39 is 68.2 Å². The van der Waals surface area contributed by atoms with Crippen LogP contribution in [0.3, 0.4) is 0 Å². The van der Waals surface area contributed by atoms with Crippen molar-refractivity contribution in [2.45, 2.75) is 58.4 Å². The van der Waals surface area contributed by atoms with Gasteiger partial charge in [0.1, 0.15) is 7.85 Å². The molecule has 0 aromatic carbocycles. The summed E-state index contributed by atoms with van der Waals surface area (Å²) >= 11 is 0. The molecule has 14 nitrogen and oxygen atoms in total. The minimum Gasteiger partial charge on any atom is -0.382 e. The van der Waals surface area contributed by atoms with E-state index in [4.69, 9.17) is 21.8 Å². The summed E-state index contributed by atoms with van der Waals surface area (Å²) in [6.07, 6.45) is -0.945. The summed E-state index contributed by atoms with van der Waals surface area (Å²) in [7, 11) is -15.4. The largest absolute Gasteiger partial charge is 0.479 e. The molecule has 4 N–H and O–H groups in total. The zero-order chi connectivity index (χ0) is 26.1. The second-order valence-electron chi connectivity index (χ2n) is 8.63. The molecule has 0 amide bonds. The van der Waals surface area contributed by atoms with Crippen LogP contribution in [0.15, 0.2) is 0 Å². The van der Waals surface area contributed by atoms with Gasteiger partial charge in [-0.25, -0.2) is 17.8 Å². The molecule has 0 aromatic heterocycles. The first-order chi connectivity index (χ1) is 15.3.